The second-order valence-electron chi connectivity index (χ2n) is 10.3. The summed E-state index contributed by atoms with van der Waals surface area (Å²) in [4.78, 5) is 32.0. The van der Waals surface area contributed by atoms with Crippen molar-refractivity contribution in [3.63, 3.8) is 0 Å². The summed E-state index contributed by atoms with van der Waals surface area (Å²) in [5.74, 6) is -0.695. The fraction of sp³-hybridized carbons (Fsp3) is 0.182. The van der Waals surface area contributed by atoms with E-state index in [0.29, 0.717) is 35.3 Å². The average molecular weight is 546 g/mol. The molecule has 41 heavy (non-hydrogen) atoms. The topological polar surface area (TPSA) is 93.9 Å². The number of ether oxygens (including phenoxy) is 2. The molecule has 2 aliphatic rings. The summed E-state index contributed by atoms with van der Waals surface area (Å²) in [6.45, 7) is 0.544. The summed E-state index contributed by atoms with van der Waals surface area (Å²) in [6, 6.07) is 29.8. The summed E-state index contributed by atoms with van der Waals surface area (Å²) < 4.78 is 15.1. The van der Waals surface area contributed by atoms with Crippen LogP contribution in [0.2, 0.25) is 0 Å². The normalized spacial score (nSPS) is 20.5. The Morgan fingerprint density at radius 2 is 1.54 bits per heavy atom. The summed E-state index contributed by atoms with van der Waals surface area (Å²) in [5.41, 5.74) is 5.71. The van der Waals surface area contributed by atoms with Crippen molar-refractivity contribution in [2.45, 2.75) is 38.1 Å². The minimum absolute atomic E-state index is 0.0293. The Kier molecular flexibility index (Phi) is 6.43. The van der Waals surface area contributed by atoms with Crippen LogP contribution in [0, 0.1) is 0 Å². The number of benzene rings is 4. The molecule has 3 heterocycles. The van der Waals surface area contributed by atoms with E-state index in [0.717, 1.165) is 22.2 Å². The van der Waals surface area contributed by atoms with E-state index in [1.807, 2.05) is 60.9 Å². The van der Waals surface area contributed by atoms with Crippen molar-refractivity contribution in [2.75, 3.05) is 4.90 Å². The number of para-hydroxylation sites is 2. The van der Waals surface area contributed by atoms with Crippen molar-refractivity contribution >= 4 is 28.5 Å². The Balaban J connectivity index is 1.21. The van der Waals surface area contributed by atoms with Crippen LogP contribution < -0.4 is 4.90 Å². The van der Waals surface area contributed by atoms with E-state index in [1.54, 1.807) is 42.5 Å². The third-order valence-electron chi connectivity index (χ3n) is 7.74. The smallest absolute Gasteiger partial charge is 0.266 e. The van der Waals surface area contributed by atoms with Crippen LogP contribution in [0.1, 0.15) is 56.2 Å². The Morgan fingerprint density at radius 3 is 2.29 bits per heavy atom. The van der Waals surface area contributed by atoms with Crippen LogP contribution in [0.25, 0.3) is 11.0 Å². The number of amides is 2. The molecular formula is C33H27N3O5. The van der Waals surface area contributed by atoms with Crippen molar-refractivity contribution in [1.82, 2.24) is 9.55 Å². The lowest BCUT2D eigenvalue weighted by Gasteiger charge is -2.36. The maximum atomic E-state index is 13.1. The number of nitrogens with zero attached hydrogens (tertiary/aromatic N) is 3. The number of carbonyl (C=O) groups excluding carboxylic acids is 2. The summed E-state index contributed by atoms with van der Waals surface area (Å²) >= 11 is 0. The van der Waals surface area contributed by atoms with Crippen molar-refractivity contribution in [2.24, 2.45) is 0 Å². The third-order valence-corrected chi connectivity index (χ3v) is 7.74. The van der Waals surface area contributed by atoms with Gasteiger partial charge in [-0.15, -0.1) is 0 Å². The molecule has 1 aromatic heterocycles. The second-order valence-corrected chi connectivity index (χ2v) is 10.3. The summed E-state index contributed by atoms with van der Waals surface area (Å²) in [5, 5.41) is 9.50. The van der Waals surface area contributed by atoms with E-state index in [-0.39, 0.29) is 30.6 Å². The average Bonchev–Trinajstić information content (AvgIpc) is 3.54. The highest BCUT2D eigenvalue weighted by Gasteiger charge is 2.37. The SMILES string of the molecule is O=C1c2ccccc2C(=O)N1c1cccc(C2OC(Cn3cnc4ccccc43)CC(c3ccc(CO)cc3)O2)c1. The molecule has 7 rings (SSSR count). The highest BCUT2D eigenvalue weighted by Crippen LogP contribution is 2.40. The zero-order valence-corrected chi connectivity index (χ0v) is 22.1. The fourth-order valence-corrected chi connectivity index (χ4v) is 5.64. The number of aliphatic hydroxyl groups is 1. The van der Waals surface area contributed by atoms with Crippen LogP contribution in [0.5, 0.6) is 0 Å². The van der Waals surface area contributed by atoms with Crippen LogP contribution in [0.3, 0.4) is 0 Å². The Morgan fingerprint density at radius 1 is 0.805 bits per heavy atom. The third kappa shape index (κ3) is 4.62. The standard InChI is InChI=1S/C33H27N3O5/c37-19-21-12-14-22(15-13-21)30-17-25(18-35-20-34-28-10-3-4-11-29(28)35)40-33(41-30)23-6-5-7-24(16-23)36-31(38)26-8-1-2-9-27(26)32(36)39/h1-16,20,25,30,33,37H,17-19H2. The summed E-state index contributed by atoms with van der Waals surface area (Å²) in [6.07, 6.45) is 1.22. The number of anilines is 1. The number of carbonyl (C=O) groups is 2. The van der Waals surface area contributed by atoms with Gasteiger partial charge in [0.1, 0.15) is 0 Å². The number of aromatic nitrogens is 2. The fourth-order valence-electron chi connectivity index (χ4n) is 5.64. The van der Waals surface area contributed by atoms with Gasteiger partial charge in [-0.05, 0) is 47.5 Å². The van der Waals surface area contributed by atoms with Gasteiger partial charge in [0.05, 0.1) is 59.5 Å². The molecule has 0 aliphatic carbocycles. The molecule has 5 aromatic rings. The van der Waals surface area contributed by atoms with Crippen LogP contribution in [0.15, 0.2) is 103 Å². The first-order valence-corrected chi connectivity index (χ1v) is 13.6. The number of hydrogen-bond donors (Lipinski definition) is 1. The largest absolute Gasteiger partial charge is 0.392 e. The number of imide groups is 1. The molecule has 8 nitrogen and oxygen atoms in total. The van der Waals surface area contributed by atoms with E-state index in [9.17, 15) is 14.7 Å². The van der Waals surface area contributed by atoms with Crippen LogP contribution >= 0.6 is 0 Å². The van der Waals surface area contributed by atoms with Gasteiger partial charge < -0.3 is 19.1 Å². The Hall–Kier alpha value is -4.63. The number of aliphatic hydroxyl groups excluding tert-OH is 1. The molecule has 3 atom stereocenters. The van der Waals surface area contributed by atoms with Gasteiger partial charge in [0, 0.05) is 12.0 Å². The lowest BCUT2D eigenvalue weighted by Crippen LogP contribution is -2.33. The quantitative estimate of drug-likeness (QED) is 0.280. The number of fused-ring (bicyclic) bond motifs is 2. The van der Waals surface area contributed by atoms with Crippen molar-refractivity contribution in [1.29, 1.82) is 0 Å². The molecule has 2 amide bonds. The second kappa shape index (κ2) is 10.4. The predicted molar refractivity (Wildman–Crippen MR) is 152 cm³/mol. The Labute approximate surface area is 236 Å². The highest BCUT2D eigenvalue weighted by molar-refractivity contribution is 6.34. The predicted octanol–water partition coefficient (Wildman–Crippen LogP) is 5.57. The number of rotatable bonds is 6. The zero-order chi connectivity index (χ0) is 27.9. The number of imidazole rings is 1. The minimum Gasteiger partial charge on any atom is -0.392 e. The minimum atomic E-state index is -0.735. The monoisotopic (exact) mass is 545 g/mol. The van der Waals surface area contributed by atoms with Gasteiger partial charge in [0.25, 0.3) is 11.8 Å². The van der Waals surface area contributed by atoms with Gasteiger partial charge in [-0.3, -0.25) is 9.59 Å². The van der Waals surface area contributed by atoms with Crippen LogP contribution in [0.4, 0.5) is 5.69 Å². The van der Waals surface area contributed by atoms with Gasteiger partial charge in [-0.1, -0.05) is 60.7 Å². The van der Waals surface area contributed by atoms with E-state index in [2.05, 4.69) is 9.55 Å². The molecule has 8 heteroatoms. The van der Waals surface area contributed by atoms with Gasteiger partial charge in [0.2, 0.25) is 0 Å². The summed E-state index contributed by atoms with van der Waals surface area (Å²) in [7, 11) is 0. The molecule has 1 saturated heterocycles. The van der Waals surface area contributed by atoms with Crippen molar-refractivity contribution < 1.29 is 24.2 Å². The molecule has 0 spiro atoms. The van der Waals surface area contributed by atoms with Crippen LogP contribution in [-0.2, 0) is 22.6 Å². The van der Waals surface area contributed by atoms with Gasteiger partial charge in [-0.25, -0.2) is 9.88 Å². The van der Waals surface area contributed by atoms with E-state index < -0.39 is 6.29 Å². The Bertz CT molecular complexity index is 1730. The van der Waals surface area contributed by atoms with E-state index >= 15 is 0 Å². The molecule has 4 aromatic carbocycles. The first-order valence-electron chi connectivity index (χ1n) is 13.6. The van der Waals surface area contributed by atoms with Crippen molar-refractivity contribution in [3.8, 4) is 0 Å². The van der Waals surface area contributed by atoms with Crippen molar-refractivity contribution in [3.05, 3.63) is 131 Å². The highest BCUT2D eigenvalue weighted by atomic mass is 16.7. The molecule has 1 fully saturated rings. The molecule has 1 N–H and O–H groups in total. The maximum absolute atomic E-state index is 13.1. The molecule has 0 saturated carbocycles. The lowest BCUT2D eigenvalue weighted by molar-refractivity contribution is -0.252. The van der Waals surface area contributed by atoms with Gasteiger partial charge >= 0.3 is 0 Å². The van der Waals surface area contributed by atoms with E-state index in [1.165, 1.54) is 4.90 Å². The van der Waals surface area contributed by atoms with Gasteiger partial charge in [-0.2, -0.15) is 0 Å². The molecule has 3 unspecified atom stereocenters. The molecule has 2 aliphatic heterocycles. The number of hydrogen-bond acceptors (Lipinski definition) is 6. The molecule has 0 radical (unpaired) electrons. The maximum Gasteiger partial charge on any atom is 0.266 e. The molecule has 204 valence electrons. The lowest BCUT2D eigenvalue weighted by atomic mass is 10.00. The first kappa shape index (κ1) is 25.3. The zero-order valence-electron chi connectivity index (χ0n) is 22.1. The van der Waals surface area contributed by atoms with Crippen LogP contribution in [-0.4, -0.2) is 32.6 Å². The van der Waals surface area contributed by atoms with Gasteiger partial charge in [0.15, 0.2) is 6.29 Å². The first-order chi connectivity index (χ1) is 20.1. The van der Waals surface area contributed by atoms with E-state index in [4.69, 9.17) is 9.47 Å². The molecule has 0 bridgehead atoms. The molecular weight excluding hydrogens is 518 g/mol.